The van der Waals surface area contributed by atoms with Crippen LogP contribution in [0.2, 0.25) is 0 Å². The zero-order valence-corrected chi connectivity index (χ0v) is 11.6. The van der Waals surface area contributed by atoms with Gasteiger partial charge in [0, 0.05) is 25.7 Å². The number of nitrogens with one attached hydrogen (secondary N) is 1. The summed E-state index contributed by atoms with van der Waals surface area (Å²) in [5.74, 6) is -1.04. The minimum atomic E-state index is -1.04. The first-order valence-corrected chi connectivity index (χ1v) is 5.99. The van der Waals surface area contributed by atoms with Crippen molar-refractivity contribution in [3.05, 3.63) is 22.7 Å². The Kier molecular flexibility index (Phi) is 3.31. The highest BCUT2D eigenvalue weighted by Crippen LogP contribution is 2.38. The predicted molar refractivity (Wildman–Crippen MR) is 70.9 cm³/mol. The number of methoxy groups -OCH3 is 2. The van der Waals surface area contributed by atoms with Crippen LogP contribution in [0.25, 0.3) is 0 Å². The lowest BCUT2D eigenvalue weighted by atomic mass is 10.1. The van der Waals surface area contributed by atoms with E-state index in [0.717, 1.165) is 15.8 Å². The first-order chi connectivity index (χ1) is 8.02. The van der Waals surface area contributed by atoms with E-state index >= 15 is 0 Å². The van der Waals surface area contributed by atoms with Gasteiger partial charge in [0.25, 0.3) is 0 Å². The molecule has 0 bridgehead atoms. The summed E-state index contributed by atoms with van der Waals surface area (Å²) >= 11 is 3.44. The number of rotatable bonds is 2. The molecule has 1 heterocycles. The number of hydrogen-bond acceptors (Lipinski definition) is 5. The van der Waals surface area contributed by atoms with Gasteiger partial charge in [-0.05, 0) is 18.2 Å². The Bertz CT molecular complexity index is 429. The smallest absolute Gasteiger partial charge is 0.241 e. The molecule has 0 amide bonds. The van der Waals surface area contributed by atoms with Crippen LogP contribution in [0.5, 0.6) is 0 Å². The van der Waals surface area contributed by atoms with Crippen molar-refractivity contribution in [3.63, 3.8) is 0 Å². The number of benzene rings is 1. The molecule has 0 fully saturated rings. The van der Waals surface area contributed by atoms with E-state index in [1.165, 1.54) is 0 Å². The van der Waals surface area contributed by atoms with Crippen molar-refractivity contribution in [1.29, 1.82) is 0 Å². The second kappa shape index (κ2) is 4.45. The fourth-order valence-electron chi connectivity index (χ4n) is 1.98. The van der Waals surface area contributed by atoms with Gasteiger partial charge in [-0.2, -0.15) is 0 Å². The summed E-state index contributed by atoms with van der Waals surface area (Å²) in [6.45, 7) is 0. The Morgan fingerprint density at radius 3 is 2.76 bits per heavy atom. The van der Waals surface area contributed by atoms with E-state index in [1.807, 2.05) is 30.1 Å². The fourth-order valence-corrected chi connectivity index (χ4v) is 2.33. The maximum absolute atomic E-state index is 6.22. The van der Waals surface area contributed by atoms with E-state index in [1.54, 1.807) is 14.2 Å². The Morgan fingerprint density at radius 1 is 1.47 bits per heavy atom. The number of fused-ring (bicyclic) bond motifs is 1. The van der Waals surface area contributed by atoms with Crippen LogP contribution >= 0.6 is 15.9 Å². The maximum atomic E-state index is 6.22. The molecule has 0 saturated carbocycles. The van der Waals surface area contributed by atoms with E-state index in [0.29, 0.717) is 0 Å². The summed E-state index contributed by atoms with van der Waals surface area (Å²) in [5.41, 5.74) is 8.14. The van der Waals surface area contributed by atoms with Gasteiger partial charge in [-0.1, -0.05) is 15.9 Å². The van der Waals surface area contributed by atoms with Crippen molar-refractivity contribution < 1.29 is 9.47 Å². The van der Waals surface area contributed by atoms with Gasteiger partial charge in [0.15, 0.2) is 6.23 Å². The molecule has 3 N–H and O–H groups in total. The zero-order chi connectivity index (χ0) is 12.6. The van der Waals surface area contributed by atoms with Crippen LogP contribution in [0.4, 0.5) is 11.4 Å². The lowest BCUT2D eigenvalue weighted by molar-refractivity contribution is -0.103. The average Bonchev–Trinajstić information content (AvgIpc) is 2.34. The Labute approximate surface area is 109 Å². The molecule has 0 aromatic heterocycles. The van der Waals surface area contributed by atoms with Gasteiger partial charge in [-0.25, -0.2) is 0 Å². The largest absolute Gasteiger partial charge is 0.355 e. The Balaban J connectivity index is 2.49. The zero-order valence-electron chi connectivity index (χ0n) is 10.0. The molecule has 1 aromatic carbocycles. The summed E-state index contributed by atoms with van der Waals surface area (Å²) in [7, 11) is 5.03. The number of anilines is 2. The van der Waals surface area contributed by atoms with E-state index in [-0.39, 0.29) is 0 Å². The normalized spacial score (nSPS) is 27.6. The molecule has 1 aliphatic heterocycles. The third kappa shape index (κ3) is 1.91. The number of likely N-dealkylation sites (N-methyl/N-ethyl adjacent to an activating group) is 1. The minimum Gasteiger partial charge on any atom is -0.355 e. The quantitative estimate of drug-likeness (QED) is 0.812. The minimum absolute atomic E-state index is 0.439. The van der Waals surface area contributed by atoms with E-state index < -0.39 is 12.1 Å². The molecule has 17 heavy (non-hydrogen) atoms. The first kappa shape index (κ1) is 12.6. The summed E-state index contributed by atoms with van der Waals surface area (Å²) in [4.78, 5) is 1.86. The van der Waals surface area contributed by atoms with E-state index in [9.17, 15) is 0 Å². The van der Waals surface area contributed by atoms with Gasteiger partial charge in [0.2, 0.25) is 5.85 Å². The molecule has 0 spiro atoms. The summed E-state index contributed by atoms with van der Waals surface area (Å²) in [6, 6.07) is 5.91. The first-order valence-electron chi connectivity index (χ1n) is 5.19. The fraction of sp³-hybridized carbons (Fsp3) is 0.455. The highest BCUT2D eigenvalue weighted by molar-refractivity contribution is 9.10. The monoisotopic (exact) mass is 301 g/mol. The molecule has 2 rings (SSSR count). The highest BCUT2D eigenvalue weighted by Gasteiger charge is 2.44. The molecule has 1 aromatic rings. The summed E-state index contributed by atoms with van der Waals surface area (Å²) in [6.07, 6.45) is -0.439. The van der Waals surface area contributed by atoms with Crippen LogP contribution in [0.3, 0.4) is 0 Å². The molecular formula is C11H16BrN3O2. The van der Waals surface area contributed by atoms with Crippen molar-refractivity contribution in [2.75, 3.05) is 31.5 Å². The van der Waals surface area contributed by atoms with Gasteiger partial charge < -0.3 is 19.7 Å². The molecule has 94 valence electrons. The predicted octanol–water partition coefficient (Wildman–Crippen LogP) is 1.54. The van der Waals surface area contributed by atoms with Gasteiger partial charge in [-0.3, -0.25) is 5.73 Å². The number of hydrogen-bond donors (Lipinski definition) is 2. The average molecular weight is 302 g/mol. The SMILES string of the molecule is COC1Nc2ccc(Br)cc2N(C)C1(N)OC. The van der Waals surface area contributed by atoms with Gasteiger partial charge in [-0.15, -0.1) is 0 Å². The highest BCUT2D eigenvalue weighted by atomic mass is 79.9. The third-order valence-corrected chi connectivity index (χ3v) is 3.56. The number of nitrogens with zero attached hydrogens (tertiary/aromatic N) is 1. The van der Waals surface area contributed by atoms with Crippen LogP contribution in [-0.2, 0) is 9.47 Å². The van der Waals surface area contributed by atoms with Crippen LogP contribution in [0.1, 0.15) is 0 Å². The second-order valence-corrected chi connectivity index (χ2v) is 4.85. The molecule has 0 saturated heterocycles. The molecule has 2 atom stereocenters. The number of ether oxygens (including phenoxy) is 2. The standard InChI is InChI=1S/C11H16BrN3O2/c1-15-9-6-7(12)4-5-8(9)14-10(16-2)11(15,13)17-3/h4-6,10,14H,13H2,1-3H3. The van der Waals surface area contributed by atoms with Crippen LogP contribution in [0, 0.1) is 0 Å². The van der Waals surface area contributed by atoms with Crippen molar-refractivity contribution in [2.24, 2.45) is 5.73 Å². The molecule has 1 aliphatic rings. The van der Waals surface area contributed by atoms with E-state index in [2.05, 4.69) is 21.2 Å². The van der Waals surface area contributed by atoms with Crippen LogP contribution < -0.4 is 16.0 Å². The lowest BCUT2D eigenvalue weighted by Crippen LogP contribution is -2.68. The maximum Gasteiger partial charge on any atom is 0.241 e. The molecular weight excluding hydrogens is 286 g/mol. The lowest BCUT2D eigenvalue weighted by Gasteiger charge is -2.47. The van der Waals surface area contributed by atoms with Crippen molar-refractivity contribution >= 4 is 27.3 Å². The van der Waals surface area contributed by atoms with Gasteiger partial charge in [0.1, 0.15) is 0 Å². The van der Waals surface area contributed by atoms with Crippen molar-refractivity contribution in [3.8, 4) is 0 Å². The van der Waals surface area contributed by atoms with Crippen molar-refractivity contribution in [1.82, 2.24) is 0 Å². The van der Waals surface area contributed by atoms with Gasteiger partial charge >= 0.3 is 0 Å². The molecule has 0 aliphatic carbocycles. The molecule has 6 heteroatoms. The Morgan fingerprint density at radius 2 is 2.18 bits per heavy atom. The molecule has 0 radical (unpaired) electrons. The summed E-state index contributed by atoms with van der Waals surface area (Å²) in [5, 5.41) is 3.21. The topological polar surface area (TPSA) is 59.8 Å². The summed E-state index contributed by atoms with van der Waals surface area (Å²) < 4.78 is 11.7. The number of nitrogens with two attached hydrogens (primary N) is 1. The van der Waals surface area contributed by atoms with Crippen LogP contribution in [0.15, 0.2) is 22.7 Å². The third-order valence-electron chi connectivity index (χ3n) is 3.07. The van der Waals surface area contributed by atoms with Gasteiger partial charge in [0.05, 0.1) is 11.4 Å². The second-order valence-electron chi connectivity index (χ2n) is 3.94. The molecule has 5 nitrogen and oxygen atoms in total. The van der Waals surface area contributed by atoms with Crippen LogP contribution in [-0.4, -0.2) is 33.3 Å². The Hall–Kier alpha value is -0.820. The molecule has 2 unspecified atom stereocenters. The van der Waals surface area contributed by atoms with Crippen molar-refractivity contribution in [2.45, 2.75) is 12.1 Å². The number of halogens is 1. The van der Waals surface area contributed by atoms with E-state index in [4.69, 9.17) is 15.2 Å².